The van der Waals surface area contributed by atoms with Crippen LogP contribution in [0.5, 0.6) is 0 Å². The van der Waals surface area contributed by atoms with Crippen molar-refractivity contribution in [1.82, 2.24) is 0 Å². The first-order valence-electron chi connectivity index (χ1n) is 7.17. The zero-order chi connectivity index (χ0) is 16.7. The zero-order valence-electron chi connectivity index (χ0n) is 12.7. The van der Waals surface area contributed by atoms with Crippen molar-refractivity contribution in [3.63, 3.8) is 0 Å². The zero-order valence-corrected chi connectivity index (χ0v) is 12.7. The monoisotopic (exact) mass is 314 g/mol. The number of aromatic carboxylic acids is 1. The number of rotatable bonds is 6. The Labute approximate surface area is 134 Å². The van der Waals surface area contributed by atoms with Crippen LogP contribution < -0.4 is 10.6 Å². The summed E-state index contributed by atoms with van der Waals surface area (Å²) in [5.74, 6) is -1.10. The van der Waals surface area contributed by atoms with Crippen LogP contribution in [0.1, 0.15) is 22.8 Å². The summed E-state index contributed by atoms with van der Waals surface area (Å²) in [6.07, 6.45) is 0. The van der Waals surface area contributed by atoms with Crippen LogP contribution in [-0.2, 0) is 11.3 Å². The number of ether oxygens (including phenoxy) is 1. The fraction of sp³-hybridized carbons (Fsp3) is 0.176. The van der Waals surface area contributed by atoms with E-state index in [0.29, 0.717) is 18.9 Å². The van der Waals surface area contributed by atoms with Crippen molar-refractivity contribution in [2.45, 2.75) is 13.5 Å². The summed E-state index contributed by atoms with van der Waals surface area (Å²) >= 11 is 0. The average Bonchev–Trinajstić information content (AvgIpc) is 2.54. The molecule has 0 unspecified atom stereocenters. The molecule has 0 fully saturated rings. The molecular formula is C17H18N2O4. The van der Waals surface area contributed by atoms with Crippen LogP contribution in [0.2, 0.25) is 0 Å². The van der Waals surface area contributed by atoms with Crippen molar-refractivity contribution in [3.8, 4) is 0 Å². The average molecular weight is 314 g/mol. The number of benzene rings is 2. The molecule has 2 rings (SSSR count). The van der Waals surface area contributed by atoms with Crippen LogP contribution in [0.25, 0.3) is 0 Å². The molecule has 23 heavy (non-hydrogen) atoms. The minimum atomic E-state index is -1.10. The molecule has 0 radical (unpaired) electrons. The Bertz CT molecular complexity index is 700. The van der Waals surface area contributed by atoms with E-state index in [1.807, 2.05) is 19.1 Å². The molecule has 6 nitrogen and oxygen atoms in total. The number of amides is 2. The van der Waals surface area contributed by atoms with E-state index in [2.05, 4.69) is 10.6 Å². The minimum Gasteiger partial charge on any atom is -0.478 e. The third-order valence-electron chi connectivity index (χ3n) is 3.13. The Morgan fingerprint density at radius 2 is 1.61 bits per heavy atom. The first kappa shape index (κ1) is 16.5. The molecule has 0 aliphatic heterocycles. The van der Waals surface area contributed by atoms with Gasteiger partial charge in [-0.3, -0.25) is 0 Å². The molecule has 0 aromatic heterocycles. The third-order valence-corrected chi connectivity index (χ3v) is 3.13. The molecule has 2 aromatic carbocycles. The molecule has 0 atom stereocenters. The molecular weight excluding hydrogens is 296 g/mol. The number of hydrogen-bond acceptors (Lipinski definition) is 3. The van der Waals surface area contributed by atoms with Crippen molar-refractivity contribution in [2.24, 2.45) is 0 Å². The summed E-state index contributed by atoms with van der Waals surface area (Å²) in [7, 11) is 0. The van der Waals surface area contributed by atoms with Gasteiger partial charge in [0.1, 0.15) is 0 Å². The lowest BCUT2D eigenvalue weighted by Gasteiger charge is -2.13. The van der Waals surface area contributed by atoms with E-state index in [1.165, 1.54) is 12.1 Å². The second-order valence-corrected chi connectivity index (χ2v) is 4.72. The lowest BCUT2D eigenvalue weighted by Crippen LogP contribution is -2.21. The van der Waals surface area contributed by atoms with Crippen LogP contribution >= 0.6 is 0 Å². The fourth-order valence-electron chi connectivity index (χ4n) is 2.03. The number of carbonyl (C=O) groups is 2. The Hall–Kier alpha value is -2.86. The smallest absolute Gasteiger partial charge is 0.337 e. The molecule has 0 aliphatic rings. The molecule has 2 amide bonds. The maximum atomic E-state index is 12.1. The second-order valence-electron chi connectivity index (χ2n) is 4.72. The summed E-state index contributed by atoms with van der Waals surface area (Å²) in [5.41, 5.74) is 1.73. The Morgan fingerprint density at radius 1 is 1.00 bits per heavy atom. The number of para-hydroxylation sites is 2. The summed E-state index contributed by atoms with van der Waals surface area (Å²) < 4.78 is 5.36. The van der Waals surface area contributed by atoms with Gasteiger partial charge in [0.05, 0.1) is 17.9 Å². The predicted octanol–water partition coefficient (Wildman–Crippen LogP) is 3.57. The van der Waals surface area contributed by atoms with E-state index in [9.17, 15) is 9.59 Å². The minimum absolute atomic E-state index is 0.0326. The maximum absolute atomic E-state index is 12.1. The van der Waals surface area contributed by atoms with E-state index in [0.717, 1.165) is 5.56 Å². The van der Waals surface area contributed by atoms with Crippen molar-refractivity contribution >= 4 is 23.4 Å². The van der Waals surface area contributed by atoms with Crippen LogP contribution in [0, 0.1) is 0 Å². The normalized spacial score (nSPS) is 10.1. The van der Waals surface area contributed by atoms with Crippen molar-refractivity contribution in [3.05, 3.63) is 59.7 Å². The highest BCUT2D eigenvalue weighted by Gasteiger charge is 2.12. The summed E-state index contributed by atoms with van der Waals surface area (Å²) in [6.45, 7) is 2.86. The SMILES string of the molecule is CCOCc1ccccc1NC(=O)Nc1ccccc1C(=O)O. The highest BCUT2D eigenvalue weighted by atomic mass is 16.5. The molecule has 2 aromatic rings. The van der Waals surface area contributed by atoms with Crippen LogP contribution in [-0.4, -0.2) is 23.7 Å². The van der Waals surface area contributed by atoms with E-state index in [-0.39, 0.29) is 11.3 Å². The molecule has 0 saturated carbocycles. The van der Waals surface area contributed by atoms with Crippen molar-refractivity contribution < 1.29 is 19.4 Å². The van der Waals surface area contributed by atoms with Crippen LogP contribution in [0.15, 0.2) is 48.5 Å². The van der Waals surface area contributed by atoms with Crippen molar-refractivity contribution in [2.75, 3.05) is 17.2 Å². The standard InChI is InChI=1S/C17H18N2O4/c1-2-23-11-12-7-3-5-9-14(12)18-17(22)19-15-10-6-4-8-13(15)16(20)21/h3-10H,2,11H2,1H3,(H,20,21)(H2,18,19,22). The first-order valence-corrected chi connectivity index (χ1v) is 7.17. The van der Waals surface area contributed by atoms with E-state index in [4.69, 9.17) is 9.84 Å². The topological polar surface area (TPSA) is 87.7 Å². The van der Waals surface area contributed by atoms with Gasteiger partial charge in [0.25, 0.3) is 0 Å². The number of nitrogens with one attached hydrogen (secondary N) is 2. The van der Waals surface area contributed by atoms with E-state index >= 15 is 0 Å². The maximum Gasteiger partial charge on any atom is 0.337 e. The number of urea groups is 1. The predicted molar refractivity (Wildman–Crippen MR) is 87.8 cm³/mol. The molecule has 0 aliphatic carbocycles. The van der Waals surface area contributed by atoms with Gasteiger partial charge in [0.15, 0.2) is 0 Å². The van der Waals surface area contributed by atoms with E-state index < -0.39 is 12.0 Å². The second kappa shape index (κ2) is 7.95. The summed E-state index contributed by atoms with van der Waals surface area (Å²) in [4.78, 5) is 23.3. The third kappa shape index (κ3) is 4.55. The molecule has 0 saturated heterocycles. The molecule has 0 bridgehead atoms. The van der Waals surface area contributed by atoms with Gasteiger partial charge >= 0.3 is 12.0 Å². The van der Waals surface area contributed by atoms with Gasteiger partial charge in [-0.25, -0.2) is 9.59 Å². The summed E-state index contributed by atoms with van der Waals surface area (Å²) in [5, 5.41) is 14.4. The molecule has 0 spiro atoms. The van der Waals surface area contributed by atoms with Gasteiger partial charge in [0.2, 0.25) is 0 Å². The molecule has 3 N–H and O–H groups in total. The highest BCUT2D eigenvalue weighted by molar-refractivity contribution is 6.04. The Kier molecular flexibility index (Phi) is 5.71. The van der Waals surface area contributed by atoms with E-state index in [1.54, 1.807) is 24.3 Å². The number of anilines is 2. The number of carbonyl (C=O) groups excluding carboxylic acids is 1. The van der Waals surface area contributed by atoms with Gasteiger partial charge in [-0.2, -0.15) is 0 Å². The molecule has 6 heteroatoms. The number of carboxylic acids is 1. The molecule has 0 heterocycles. The number of hydrogen-bond donors (Lipinski definition) is 3. The first-order chi connectivity index (χ1) is 11.1. The largest absolute Gasteiger partial charge is 0.478 e. The van der Waals surface area contributed by atoms with Gasteiger partial charge in [0, 0.05) is 17.9 Å². The Morgan fingerprint density at radius 3 is 2.30 bits per heavy atom. The quantitative estimate of drug-likeness (QED) is 0.760. The number of carboxylic acid groups (broad SMARTS) is 1. The van der Waals surface area contributed by atoms with Gasteiger partial charge in [-0.05, 0) is 25.1 Å². The highest BCUT2D eigenvalue weighted by Crippen LogP contribution is 2.18. The fourth-order valence-corrected chi connectivity index (χ4v) is 2.03. The van der Waals surface area contributed by atoms with Crippen LogP contribution in [0.3, 0.4) is 0 Å². The lowest BCUT2D eigenvalue weighted by atomic mass is 10.2. The molecule has 120 valence electrons. The van der Waals surface area contributed by atoms with Crippen LogP contribution in [0.4, 0.5) is 16.2 Å². The summed E-state index contributed by atoms with van der Waals surface area (Å²) in [6, 6.07) is 13.0. The van der Waals surface area contributed by atoms with Gasteiger partial charge < -0.3 is 20.5 Å². The van der Waals surface area contributed by atoms with Gasteiger partial charge in [-0.15, -0.1) is 0 Å². The Balaban J connectivity index is 2.10. The van der Waals surface area contributed by atoms with Gasteiger partial charge in [-0.1, -0.05) is 30.3 Å². The lowest BCUT2D eigenvalue weighted by molar-refractivity contribution is 0.0698. The van der Waals surface area contributed by atoms with Crippen molar-refractivity contribution in [1.29, 1.82) is 0 Å².